The summed E-state index contributed by atoms with van der Waals surface area (Å²) in [5.41, 5.74) is 2.26. The van der Waals surface area contributed by atoms with Gasteiger partial charge in [-0.15, -0.1) is 10.2 Å². The van der Waals surface area contributed by atoms with E-state index in [9.17, 15) is 4.79 Å². The lowest BCUT2D eigenvalue weighted by Crippen LogP contribution is -2.51. The number of hydrogen-bond donors (Lipinski definition) is 0. The molecule has 0 aliphatic carbocycles. The van der Waals surface area contributed by atoms with Gasteiger partial charge in [-0.05, 0) is 18.1 Å². The number of carbonyl (C=O) groups excluding carboxylic acids is 1. The third kappa shape index (κ3) is 2.87. The Labute approximate surface area is 129 Å². The van der Waals surface area contributed by atoms with Crippen LogP contribution < -0.4 is 0 Å². The highest BCUT2D eigenvalue weighted by Crippen LogP contribution is 2.23. The van der Waals surface area contributed by atoms with Gasteiger partial charge in [-0.25, -0.2) is 0 Å². The highest BCUT2D eigenvalue weighted by atomic mass is 16.5. The van der Waals surface area contributed by atoms with Crippen molar-refractivity contribution in [3.63, 3.8) is 0 Å². The van der Waals surface area contributed by atoms with Gasteiger partial charge in [0.15, 0.2) is 5.82 Å². The van der Waals surface area contributed by atoms with Crippen LogP contribution in [0.5, 0.6) is 0 Å². The fourth-order valence-electron chi connectivity index (χ4n) is 2.72. The molecule has 1 aliphatic heterocycles. The van der Waals surface area contributed by atoms with E-state index in [1.165, 1.54) is 0 Å². The zero-order chi connectivity index (χ0) is 15.5. The standard InChI is InChI=1S/C16H20N4O2/c1-12-5-3-4-6-13(12)7-16(21)19-8-14(9-19)20-11-17-18-15(20)10-22-2/h3-6,11,14H,7-10H2,1-2H3. The lowest BCUT2D eigenvalue weighted by molar-refractivity contribution is -0.136. The molecular weight excluding hydrogens is 280 g/mol. The Morgan fingerprint density at radius 1 is 1.36 bits per heavy atom. The predicted octanol–water partition coefficient (Wildman–Crippen LogP) is 1.36. The topological polar surface area (TPSA) is 60.3 Å². The van der Waals surface area contributed by atoms with Crippen LogP contribution >= 0.6 is 0 Å². The summed E-state index contributed by atoms with van der Waals surface area (Å²) in [5, 5.41) is 7.97. The summed E-state index contributed by atoms with van der Waals surface area (Å²) in [4.78, 5) is 14.2. The second kappa shape index (κ2) is 6.27. The first-order valence-corrected chi connectivity index (χ1v) is 7.38. The van der Waals surface area contributed by atoms with Crippen molar-refractivity contribution >= 4 is 5.91 Å². The maximum Gasteiger partial charge on any atom is 0.227 e. The quantitative estimate of drug-likeness (QED) is 0.836. The molecule has 0 saturated carbocycles. The second-order valence-electron chi connectivity index (χ2n) is 5.64. The summed E-state index contributed by atoms with van der Waals surface area (Å²) in [5.74, 6) is 0.977. The van der Waals surface area contributed by atoms with Crippen molar-refractivity contribution in [2.45, 2.75) is 26.0 Å². The Kier molecular flexibility index (Phi) is 4.20. The van der Waals surface area contributed by atoms with Crippen LogP contribution in [0.25, 0.3) is 0 Å². The SMILES string of the molecule is COCc1nncn1C1CN(C(=O)Cc2ccccc2C)C1. The third-order valence-electron chi connectivity index (χ3n) is 4.13. The number of carbonyl (C=O) groups is 1. The molecule has 0 bridgehead atoms. The first kappa shape index (κ1) is 14.7. The number of likely N-dealkylation sites (tertiary alicyclic amines) is 1. The van der Waals surface area contributed by atoms with E-state index in [1.54, 1.807) is 13.4 Å². The number of methoxy groups -OCH3 is 1. The normalized spacial score (nSPS) is 14.9. The number of aromatic nitrogens is 3. The molecule has 1 aromatic carbocycles. The molecule has 0 unspecified atom stereocenters. The van der Waals surface area contributed by atoms with Crippen LogP contribution in [0.15, 0.2) is 30.6 Å². The van der Waals surface area contributed by atoms with Crippen LogP contribution in [-0.4, -0.2) is 45.8 Å². The maximum atomic E-state index is 12.3. The molecule has 116 valence electrons. The van der Waals surface area contributed by atoms with Crippen LogP contribution in [0, 0.1) is 6.92 Å². The first-order chi connectivity index (χ1) is 10.7. The lowest BCUT2D eigenvalue weighted by atomic mass is 10.0. The average Bonchev–Trinajstić information content (AvgIpc) is 2.88. The van der Waals surface area contributed by atoms with E-state index < -0.39 is 0 Å². The summed E-state index contributed by atoms with van der Waals surface area (Å²) in [7, 11) is 1.64. The molecule has 1 saturated heterocycles. The predicted molar refractivity (Wildman–Crippen MR) is 81.2 cm³/mol. The summed E-state index contributed by atoms with van der Waals surface area (Å²) < 4.78 is 7.11. The number of aryl methyl sites for hydroxylation is 1. The van der Waals surface area contributed by atoms with E-state index in [1.807, 2.05) is 40.7 Å². The third-order valence-corrected chi connectivity index (χ3v) is 4.13. The van der Waals surface area contributed by atoms with E-state index in [0.29, 0.717) is 26.1 Å². The Morgan fingerprint density at radius 2 is 2.14 bits per heavy atom. The average molecular weight is 300 g/mol. The summed E-state index contributed by atoms with van der Waals surface area (Å²) in [6.07, 6.45) is 2.18. The lowest BCUT2D eigenvalue weighted by Gasteiger charge is -2.40. The minimum absolute atomic E-state index is 0.173. The number of nitrogens with zero attached hydrogens (tertiary/aromatic N) is 4. The van der Waals surface area contributed by atoms with E-state index in [-0.39, 0.29) is 11.9 Å². The highest BCUT2D eigenvalue weighted by molar-refractivity contribution is 5.80. The van der Waals surface area contributed by atoms with Gasteiger partial charge in [-0.3, -0.25) is 4.79 Å². The number of hydrogen-bond acceptors (Lipinski definition) is 4. The number of ether oxygens (including phenoxy) is 1. The zero-order valence-electron chi connectivity index (χ0n) is 12.9. The molecule has 0 radical (unpaired) electrons. The van der Waals surface area contributed by atoms with Crippen LogP contribution in [0.1, 0.15) is 23.0 Å². The molecule has 22 heavy (non-hydrogen) atoms. The minimum Gasteiger partial charge on any atom is -0.377 e. The smallest absolute Gasteiger partial charge is 0.227 e. The molecule has 6 heteroatoms. The second-order valence-corrected chi connectivity index (χ2v) is 5.64. The van der Waals surface area contributed by atoms with Crippen molar-refractivity contribution in [2.24, 2.45) is 0 Å². The Morgan fingerprint density at radius 3 is 2.86 bits per heavy atom. The summed E-state index contributed by atoms with van der Waals surface area (Å²) >= 11 is 0. The molecule has 0 atom stereocenters. The minimum atomic E-state index is 0.173. The summed E-state index contributed by atoms with van der Waals surface area (Å²) in [6.45, 7) is 3.89. The van der Waals surface area contributed by atoms with Crippen LogP contribution in [0.4, 0.5) is 0 Å². The van der Waals surface area contributed by atoms with Gasteiger partial charge >= 0.3 is 0 Å². The van der Waals surface area contributed by atoms with Crippen molar-refractivity contribution in [1.29, 1.82) is 0 Å². The van der Waals surface area contributed by atoms with E-state index in [4.69, 9.17) is 4.74 Å². The molecular formula is C16H20N4O2. The molecule has 1 aromatic heterocycles. The monoisotopic (exact) mass is 300 g/mol. The first-order valence-electron chi connectivity index (χ1n) is 7.38. The molecule has 2 aromatic rings. The van der Waals surface area contributed by atoms with Gasteiger partial charge in [0, 0.05) is 20.2 Å². The van der Waals surface area contributed by atoms with Gasteiger partial charge in [0.25, 0.3) is 0 Å². The van der Waals surface area contributed by atoms with Gasteiger partial charge in [0.05, 0.1) is 12.5 Å². The van der Waals surface area contributed by atoms with Gasteiger partial charge in [0.1, 0.15) is 12.9 Å². The van der Waals surface area contributed by atoms with Crippen molar-refractivity contribution in [3.05, 3.63) is 47.5 Å². The van der Waals surface area contributed by atoms with Gasteiger partial charge in [0.2, 0.25) is 5.91 Å². The fraction of sp³-hybridized carbons (Fsp3) is 0.438. The van der Waals surface area contributed by atoms with Crippen LogP contribution in [-0.2, 0) is 22.6 Å². The maximum absolute atomic E-state index is 12.3. The molecule has 1 fully saturated rings. The zero-order valence-corrected chi connectivity index (χ0v) is 12.9. The van der Waals surface area contributed by atoms with E-state index in [0.717, 1.165) is 17.0 Å². The number of rotatable bonds is 5. The number of benzene rings is 1. The molecule has 1 aliphatic rings. The Hall–Kier alpha value is -2.21. The Bertz CT molecular complexity index is 662. The molecule has 1 amide bonds. The van der Waals surface area contributed by atoms with Crippen molar-refractivity contribution < 1.29 is 9.53 Å². The molecule has 2 heterocycles. The molecule has 3 rings (SSSR count). The van der Waals surface area contributed by atoms with Gasteiger partial charge in [-0.2, -0.15) is 0 Å². The van der Waals surface area contributed by atoms with Crippen molar-refractivity contribution in [3.8, 4) is 0 Å². The molecule has 6 nitrogen and oxygen atoms in total. The van der Waals surface area contributed by atoms with E-state index in [2.05, 4.69) is 10.2 Å². The highest BCUT2D eigenvalue weighted by Gasteiger charge is 2.33. The Balaban J connectivity index is 1.58. The van der Waals surface area contributed by atoms with E-state index >= 15 is 0 Å². The molecule has 0 spiro atoms. The van der Waals surface area contributed by atoms with Crippen molar-refractivity contribution in [1.82, 2.24) is 19.7 Å². The molecule has 0 N–H and O–H groups in total. The van der Waals surface area contributed by atoms with Crippen LogP contribution in [0.3, 0.4) is 0 Å². The number of amides is 1. The van der Waals surface area contributed by atoms with Crippen molar-refractivity contribution in [2.75, 3.05) is 20.2 Å². The van der Waals surface area contributed by atoms with Crippen LogP contribution in [0.2, 0.25) is 0 Å². The van der Waals surface area contributed by atoms with Gasteiger partial charge < -0.3 is 14.2 Å². The van der Waals surface area contributed by atoms with Gasteiger partial charge in [-0.1, -0.05) is 24.3 Å². The fourth-order valence-corrected chi connectivity index (χ4v) is 2.72. The largest absolute Gasteiger partial charge is 0.377 e. The summed E-state index contributed by atoms with van der Waals surface area (Å²) in [6, 6.07) is 8.27.